The van der Waals surface area contributed by atoms with E-state index in [4.69, 9.17) is 5.11 Å². The van der Waals surface area contributed by atoms with Gasteiger partial charge in [0.1, 0.15) is 0 Å². The maximum Gasteiger partial charge on any atom is 0.307 e. The van der Waals surface area contributed by atoms with E-state index in [0.29, 0.717) is 11.2 Å². The predicted molar refractivity (Wildman–Crippen MR) is 58.2 cm³/mol. The van der Waals surface area contributed by atoms with E-state index in [1.807, 2.05) is 6.92 Å². The molecule has 0 heterocycles. The third kappa shape index (κ3) is 4.55. The van der Waals surface area contributed by atoms with Crippen molar-refractivity contribution in [1.29, 1.82) is 0 Å². The lowest BCUT2D eigenvalue weighted by molar-refractivity contribution is -0.140. The second kappa shape index (κ2) is 5.53. The molecule has 3 atom stereocenters. The van der Waals surface area contributed by atoms with Crippen LogP contribution in [0.5, 0.6) is 0 Å². The van der Waals surface area contributed by atoms with E-state index in [9.17, 15) is 4.79 Å². The van der Waals surface area contributed by atoms with Gasteiger partial charge in [-0.15, -0.1) is 0 Å². The Hall–Kier alpha value is -0.180. The molecule has 0 aliphatic heterocycles. The van der Waals surface area contributed by atoms with Gasteiger partial charge in [0.2, 0.25) is 0 Å². The molecule has 3 heteroatoms. The number of hydrogen-bond acceptors (Lipinski definition) is 2. The van der Waals surface area contributed by atoms with Crippen LogP contribution in [0.1, 0.15) is 34.6 Å². The maximum atomic E-state index is 10.7. The van der Waals surface area contributed by atoms with Crippen LogP contribution in [0, 0.1) is 11.8 Å². The fourth-order valence-electron chi connectivity index (χ4n) is 0.814. The van der Waals surface area contributed by atoms with Crippen LogP contribution in [0.25, 0.3) is 0 Å². The van der Waals surface area contributed by atoms with E-state index in [1.54, 1.807) is 18.7 Å². The number of carbonyl (C=O) groups is 1. The highest BCUT2D eigenvalue weighted by molar-refractivity contribution is 8.00. The monoisotopic (exact) mass is 204 g/mol. The molecule has 0 fully saturated rings. The van der Waals surface area contributed by atoms with E-state index in [-0.39, 0.29) is 11.2 Å². The summed E-state index contributed by atoms with van der Waals surface area (Å²) in [7, 11) is 0. The standard InChI is InChI=1S/C10H20O2S/c1-6(2)8(4)13-9(5)7(3)10(11)12/h6-9H,1-5H3,(H,11,12). The number of thioether (sulfide) groups is 1. The highest BCUT2D eigenvalue weighted by atomic mass is 32.2. The molecule has 0 rings (SSSR count). The summed E-state index contributed by atoms with van der Waals surface area (Å²) in [5.74, 6) is -0.351. The smallest absolute Gasteiger partial charge is 0.307 e. The topological polar surface area (TPSA) is 37.3 Å². The van der Waals surface area contributed by atoms with Gasteiger partial charge in [-0.2, -0.15) is 11.8 Å². The number of hydrogen-bond donors (Lipinski definition) is 1. The van der Waals surface area contributed by atoms with Gasteiger partial charge < -0.3 is 5.11 Å². The summed E-state index contributed by atoms with van der Waals surface area (Å²) in [4.78, 5) is 10.7. The molecule has 0 saturated carbocycles. The number of rotatable bonds is 5. The van der Waals surface area contributed by atoms with Gasteiger partial charge in [-0.05, 0) is 5.92 Å². The lowest BCUT2D eigenvalue weighted by Crippen LogP contribution is -2.23. The van der Waals surface area contributed by atoms with Gasteiger partial charge >= 0.3 is 5.97 Å². The normalized spacial score (nSPS) is 18.3. The second-order valence-corrected chi connectivity index (χ2v) is 5.68. The molecule has 1 N–H and O–H groups in total. The van der Waals surface area contributed by atoms with Crippen molar-refractivity contribution in [3.63, 3.8) is 0 Å². The SMILES string of the molecule is CC(C)C(C)SC(C)C(C)C(=O)O. The molecule has 3 unspecified atom stereocenters. The number of carboxylic acids is 1. The van der Waals surface area contributed by atoms with Gasteiger partial charge in [-0.25, -0.2) is 0 Å². The van der Waals surface area contributed by atoms with E-state index < -0.39 is 5.97 Å². The quantitative estimate of drug-likeness (QED) is 0.748. The first kappa shape index (κ1) is 12.8. The molecular formula is C10H20O2S. The molecule has 0 aromatic carbocycles. The first-order valence-electron chi connectivity index (χ1n) is 4.74. The number of carboxylic acid groups (broad SMARTS) is 1. The van der Waals surface area contributed by atoms with Crippen LogP contribution in [-0.2, 0) is 4.79 Å². The molecule has 0 aliphatic rings. The predicted octanol–water partition coefficient (Wildman–Crippen LogP) is 2.87. The molecule has 0 aromatic rings. The fourth-order valence-corrected chi connectivity index (χ4v) is 2.16. The first-order valence-corrected chi connectivity index (χ1v) is 5.68. The molecule has 0 saturated heterocycles. The third-order valence-electron chi connectivity index (χ3n) is 2.46. The minimum absolute atomic E-state index is 0.190. The summed E-state index contributed by atoms with van der Waals surface area (Å²) in [6.07, 6.45) is 0. The van der Waals surface area contributed by atoms with Crippen LogP contribution >= 0.6 is 11.8 Å². The number of aliphatic carboxylic acids is 1. The van der Waals surface area contributed by atoms with Crippen LogP contribution in [-0.4, -0.2) is 21.6 Å². The highest BCUT2D eigenvalue weighted by Gasteiger charge is 2.22. The van der Waals surface area contributed by atoms with Crippen LogP contribution in [0.2, 0.25) is 0 Å². The molecule has 13 heavy (non-hydrogen) atoms. The van der Waals surface area contributed by atoms with E-state index in [1.165, 1.54) is 0 Å². The Morgan fingerprint density at radius 2 is 1.54 bits per heavy atom. The van der Waals surface area contributed by atoms with Gasteiger partial charge in [0.25, 0.3) is 0 Å². The summed E-state index contributed by atoms with van der Waals surface area (Å²) >= 11 is 1.76. The molecule has 0 aliphatic carbocycles. The van der Waals surface area contributed by atoms with Gasteiger partial charge in [0.05, 0.1) is 5.92 Å². The van der Waals surface area contributed by atoms with E-state index in [2.05, 4.69) is 20.8 Å². The molecule has 0 amide bonds. The highest BCUT2D eigenvalue weighted by Crippen LogP contribution is 2.27. The summed E-state index contributed by atoms with van der Waals surface area (Å²) in [6.45, 7) is 10.2. The zero-order chi connectivity index (χ0) is 10.6. The van der Waals surface area contributed by atoms with Crippen molar-refractivity contribution in [1.82, 2.24) is 0 Å². The molecule has 0 aromatic heterocycles. The molecule has 0 radical (unpaired) electrons. The van der Waals surface area contributed by atoms with Crippen molar-refractivity contribution in [2.75, 3.05) is 0 Å². The average molecular weight is 204 g/mol. The Balaban J connectivity index is 3.99. The average Bonchev–Trinajstić information content (AvgIpc) is 2.02. The molecule has 0 spiro atoms. The Morgan fingerprint density at radius 3 is 1.85 bits per heavy atom. The lowest BCUT2D eigenvalue weighted by atomic mass is 10.1. The van der Waals surface area contributed by atoms with Crippen molar-refractivity contribution < 1.29 is 9.90 Å². The van der Waals surface area contributed by atoms with Gasteiger partial charge in [-0.1, -0.05) is 34.6 Å². The largest absolute Gasteiger partial charge is 0.481 e. The van der Waals surface area contributed by atoms with Crippen molar-refractivity contribution in [3.8, 4) is 0 Å². The fraction of sp³-hybridized carbons (Fsp3) is 0.900. The van der Waals surface area contributed by atoms with Gasteiger partial charge in [0, 0.05) is 10.5 Å². The van der Waals surface area contributed by atoms with Crippen LogP contribution in [0.15, 0.2) is 0 Å². The van der Waals surface area contributed by atoms with Crippen LogP contribution in [0.3, 0.4) is 0 Å². The van der Waals surface area contributed by atoms with Gasteiger partial charge in [0.15, 0.2) is 0 Å². The summed E-state index contributed by atoms with van der Waals surface area (Å²) in [5, 5.41) is 9.51. The molecular weight excluding hydrogens is 184 g/mol. The molecule has 0 bridgehead atoms. The van der Waals surface area contributed by atoms with Crippen molar-refractivity contribution >= 4 is 17.7 Å². The van der Waals surface area contributed by atoms with Crippen molar-refractivity contribution in [2.45, 2.75) is 45.1 Å². The van der Waals surface area contributed by atoms with Crippen LogP contribution in [0.4, 0.5) is 0 Å². The zero-order valence-electron chi connectivity index (χ0n) is 9.07. The minimum Gasteiger partial charge on any atom is -0.481 e. The first-order chi connectivity index (χ1) is 5.86. The van der Waals surface area contributed by atoms with Gasteiger partial charge in [-0.3, -0.25) is 4.79 Å². The Bertz CT molecular complexity index is 168. The van der Waals surface area contributed by atoms with E-state index in [0.717, 1.165) is 0 Å². The molecule has 78 valence electrons. The molecule has 2 nitrogen and oxygen atoms in total. The Morgan fingerprint density at radius 1 is 1.08 bits per heavy atom. The maximum absolute atomic E-state index is 10.7. The van der Waals surface area contributed by atoms with Crippen molar-refractivity contribution in [3.05, 3.63) is 0 Å². The second-order valence-electron chi connectivity index (χ2n) is 3.92. The Labute approximate surface area is 85.1 Å². The summed E-state index contributed by atoms with van der Waals surface area (Å²) < 4.78 is 0. The Kier molecular flexibility index (Phi) is 5.45. The lowest BCUT2D eigenvalue weighted by Gasteiger charge is -2.22. The summed E-state index contributed by atoms with van der Waals surface area (Å²) in [5.41, 5.74) is 0. The third-order valence-corrected chi connectivity index (χ3v) is 4.27. The summed E-state index contributed by atoms with van der Waals surface area (Å²) in [6, 6.07) is 0. The minimum atomic E-state index is -0.698. The zero-order valence-corrected chi connectivity index (χ0v) is 9.89. The van der Waals surface area contributed by atoms with Crippen molar-refractivity contribution in [2.24, 2.45) is 11.8 Å². The van der Waals surface area contributed by atoms with E-state index >= 15 is 0 Å². The van der Waals surface area contributed by atoms with Crippen LogP contribution < -0.4 is 0 Å².